The van der Waals surface area contributed by atoms with Crippen LogP contribution in [0.2, 0.25) is 0 Å². The number of nitrogens with one attached hydrogen (secondary N) is 1. The van der Waals surface area contributed by atoms with E-state index in [1.807, 2.05) is 48.7 Å². The van der Waals surface area contributed by atoms with Crippen LogP contribution in [0.5, 0.6) is 0 Å². The van der Waals surface area contributed by atoms with Crippen LogP contribution in [0.3, 0.4) is 0 Å². The number of aromatic nitrogens is 1. The van der Waals surface area contributed by atoms with Gasteiger partial charge >= 0.3 is 5.97 Å². The van der Waals surface area contributed by atoms with Crippen molar-refractivity contribution in [2.75, 3.05) is 26.0 Å². The second-order valence-electron chi connectivity index (χ2n) is 7.40. The fraction of sp³-hybridized carbons (Fsp3) is 0.217. The molecule has 2 aromatic carbocycles. The first-order chi connectivity index (χ1) is 15.1. The van der Waals surface area contributed by atoms with E-state index in [1.54, 1.807) is 12.1 Å². The molecule has 0 atom stereocenters. The largest absolute Gasteiger partial charge is 0.452 e. The normalized spacial score (nSPS) is 11.4. The molecule has 1 N–H and O–H groups in total. The third kappa shape index (κ3) is 4.90. The number of carbonyl (C=O) groups is 2. The van der Waals surface area contributed by atoms with Crippen molar-refractivity contribution in [1.29, 1.82) is 0 Å². The summed E-state index contributed by atoms with van der Waals surface area (Å²) in [5.41, 5.74) is 3.16. The van der Waals surface area contributed by atoms with Crippen molar-refractivity contribution in [1.82, 2.24) is 8.87 Å². The van der Waals surface area contributed by atoms with Crippen LogP contribution in [0, 0.1) is 13.8 Å². The summed E-state index contributed by atoms with van der Waals surface area (Å²) in [7, 11) is -0.781. The number of carbonyl (C=O) groups excluding carboxylic acids is 2. The van der Waals surface area contributed by atoms with Crippen molar-refractivity contribution >= 4 is 27.6 Å². The van der Waals surface area contributed by atoms with Gasteiger partial charge in [-0.1, -0.05) is 24.3 Å². The summed E-state index contributed by atoms with van der Waals surface area (Å²) in [6.45, 7) is 3.20. The van der Waals surface area contributed by atoms with Crippen LogP contribution >= 0.6 is 0 Å². The Morgan fingerprint density at radius 1 is 1.00 bits per heavy atom. The van der Waals surface area contributed by atoms with E-state index < -0.39 is 28.5 Å². The summed E-state index contributed by atoms with van der Waals surface area (Å²) in [5.74, 6) is -1.19. The fourth-order valence-electron chi connectivity index (χ4n) is 3.29. The Hall–Kier alpha value is -3.43. The molecule has 32 heavy (non-hydrogen) atoms. The first-order valence-corrected chi connectivity index (χ1v) is 11.3. The zero-order valence-electron chi connectivity index (χ0n) is 18.3. The Morgan fingerprint density at radius 3 is 2.34 bits per heavy atom. The van der Waals surface area contributed by atoms with Gasteiger partial charge in [0, 0.05) is 36.9 Å². The number of esters is 1. The lowest BCUT2D eigenvalue weighted by Crippen LogP contribution is -2.23. The van der Waals surface area contributed by atoms with Gasteiger partial charge in [-0.15, -0.1) is 0 Å². The second kappa shape index (κ2) is 9.37. The molecule has 0 spiro atoms. The SMILES string of the molecule is Cc1cc(C(=O)OCC(=O)Nc2cccc(S(=O)(=O)N(C)C)c2)c(C)n1-c1ccccc1. The minimum atomic E-state index is -3.63. The van der Waals surface area contributed by atoms with Gasteiger partial charge in [0.15, 0.2) is 6.61 Å². The zero-order chi connectivity index (χ0) is 23.5. The van der Waals surface area contributed by atoms with Gasteiger partial charge in [0.05, 0.1) is 10.5 Å². The lowest BCUT2D eigenvalue weighted by molar-refractivity contribution is -0.119. The molecule has 8 nitrogen and oxygen atoms in total. The molecule has 0 radical (unpaired) electrons. The molecule has 168 valence electrons. The van der Waals surface area contributed by atoms with E-state index in [0.717, 1.165) is 15.7 Å². The van der Waals surface area contributed by atoms with Gasteiger partial charge < -0.3 is 14.6 Å². The third-order valence-corrected chi connectivity index (χ3v) is 6.71. The van der Waals surface area contributed by atoms with Crippen LogP contribution in [-0.4, -0.2) is 49.9 Å². The highest BCUT2D eigenvalue weighted by atomic mass is 32.2. The van der Waals surface area contributed by atoms with Crippen molar-refractivity contribution in [3.05, 3.63) is 77.6 Å². The predicted octanol–water partition coefficient (Wildman–Crippen LogP) is 3.14. The maximum atomic E-state index is 12.6. The lowest BCUT2D eigenvalue weighted by Gasteiger charge is -2.13. The van der Waals surface area contributed by atoms with Gasteiger partial charge in [-0.05, 0) is 50.2 Å². The summed E-state index contributed by atoms with van der Waals surface area (Å²) in [6, 6.07) is 17.2. The van der Waals surface area contributed by atoms with E-state index >= 15 is 0 Å². The van der Waals surface area contributed by atoms with Crippen LogP contribution in [-0.2, 0) is 19.6 Å². The van der Waals surface area contributed by atoms with Crippen molar-refractivity contribution in [2.24, 2.45) is 0 Å². The van der Waals surface area contributed by atoms with Crippen LogP contribution in [0.15, 0.2) is 65.6 Å². The molecule has 1 amide bonds. The van der Waals surface area contributed by atoms with Gasteiger partial charge in [0.2, 0.25) is 10.0 Å². The van der Waals surface area contributed by atoms with E-state index in [-0.39, 0.29) is 10.6 Å². The number of benzene rings is 2. The molecule has 0 aliphatic heterocycles. The number of hydrogen-bond acceptors (Lipinski definition) is 5. The number of aryl methyl sites for hydroxylation is 1. The average Bonchev–Trinajstić information content (AvgIpc) is 3.06. The van der Waals surface area contributed by atoms with E-state index in [2.05, 4.69) is 5.32 Å². The number of rotatable bonds is 7. The number of ether oxygens (including phenoxy) is 1. The molecule has 1 aromatic heterocycles. The van der Waals surface area contributed by atoms with Crippen molar-refractivity contribution in [3.63, 3.8) is 0 Å². The molecule has 0 unspecified atom stereocenters. The van der Waals surface area contributed by atoms with Crippen LogP contribution in [0.1, 0.15) is 21.7 Å². The molecule has 3 aromatic rings. The van der Waals surface area contributed by atoms with Crippen LogP contribution in [0.4, 0.5) is 5.69 Å². The lowest BCUT2D eigenvalue weighted by atomic mass is 10.2. The fourth-order valence-corrected chi connectivity index (χ4v) is 4.24. The Kier molecular flexibility index (Phi) is 6.81. The highest BCUT2D eigenvalue weighted by Gasteiger charge is 2.20. The Balaban J connectivity index is 1.67. The summed E-state index contributed by atoms with van der Waals surface area (Å²) in [4.78, 5) is 24.9. The number of sulfonamides is 1. The molecular weight excluding hydrogens is 430 g/mol. The molecule has 0 bridgehead atoms. The summed E-state index contributed by atoms with van der Waals surface area (Å²) in [5, 5.41) is 2.55. The first-order valence-electron chi connectivity index (χ1n) is 9.85. The predicted molar refractivity (Wildman–Crippen MR) is 121 cm³/mol. The minimum Gasteiger partial charge on any atom is -0.452 e. The average molecular weight is 456 g/mol. The van der Waals surface area contributed by atoms with Crippen LogP contribution in [0.25, 0.3) is 5.69 Å². The molecule has 0 aliphatic rings. The number of nitrogens with zero attached hydrogens (tertiary/aromatic N) is 2. The summed E-state index contributed by atoms with van der Waals surface area (Å²) in [6.07, 6.45) is 0. The van der Waals surface area contributed by atoms with E-state index in [1.165, 1.54) is 32.3 Å². The number of amides is 1. The smallest absolute Gasteiger partial charge is 0.340 e. The molecule has 1 heterocycles. The first kappa shape index (κ1) is 23.2. The molecular formula is C23H25N3O5S. The maximum absolute atomic E-state index is 12.6. The Morgan fingerprint density at radius 2 is 1.69 bits per heavy atom. The van der Waals surface area contributed by atoms with Gasteiger partial charge in [-0.2, -0.15) is 0 Å². The summed E-state index contributed by atoms with van der Waals surface area (Å²) < 4.78 is 32.7. The molecule has 3 rings (SSSR count). The topological polar surface area (TPSA) is 97.7 Å². The number of anilines is 1. The summed E-state index contributed by atoms with van der Waals surface area (Å²) >= 11 is 0. The third-order valence-electron chi connectivity index (χ3n) is 4.90. The van der Waals surface area contributed by atoms with Gasteiger partial charge in [0.25, 0.3) is 5.91 Å². The van der Waals surface area contributed by atoms with Gasteiger partial charge in [-0.3, -0.25) is 4.79 Å². The van der Waals surface area contributed by atoms with Crippen molar-refractivity contribution < 1.29 is 22.7 Å². The zero-order valence-corrected chi connectivity index (χ0v) is 19.1. The van der Waals surface area contributed by atoms with Gasteiger partial charge in [-0.25, -0.2) is 17.5 Å². The molecule has 9 heteroatoms. The minimum absolute atomic E-state index is 0.0469. The highest BCUT2D eigenvalue weighted by molar-refractivity contribution is 7.89. The second-order valence-corrected chi connectivity index (χ2v) is 9.55. The molecule has 0 saturated heterocycles. The molecule has 0 aliphatic carbocycles. The maximum Gasteiger partial charge on any atom is 0.340 e. The quantitative estimate of drug-likeness (QED) is 0.552. The highest BCUT2D eigenvalue weighted by Crippen LogP contribution is 2.22. The van der Waals surface area contributed by atoms with Crippen molar-refractivity contribution in [3.8, 4) is 5.69 Å². The van der Waals surface area contributed by atoms with E-state index in [4.69, 9.17) is 4.74 Å². The Labute approximate surface area is 187 Å². The monoisotopic (exact) mass is 455 g/mol. The number of hydrogen-bond donors (Lipinski definition) is 1. The number of para-hydroxylation sites is 1. The van der Waals surface area contributed by atoms with E-state index in [9.17, 15) is 18.0 Å². The molecule has 0 saturated carbocycles. The molecule has 0 fully saturated rings. The van der Waals surface area contributed by atoms with Crippen molar-refractivity contribution in [2.45, 2.75) is 18.7 Å². The van der Waals surface area contributed by atoms with Gasteiger partial charge in [0.1, 0.15) is 0 Å². The van der Waals surface area contributed by atoms with Crippen LogP contribution < -0.4 is 5.32 Å². The Bertz CT molecular complexity index is 1250. The van der Waals surface area contributed by atoms with E-state index in [0.29, 0.717) is 11.3 Å². The standard InChI is InChI=1S/C23H25N3O5S/c1-16-13-21(17(2)26(16)19-10-6-5-7-11-19)23(28)31-15-22(27)24-18-9-8-12-20(14-18)32(29,30)25(3)4/h5-14H,15H2,1-4H3,(H,24,27).